The molecule has 104 valence electrons. The summed E-state index contributed by atoms with van der Waals surface area (Å²) in [5, 5.41) is 2.64. The van der Waals surface area contributed by atoms with Gasteiger partial charge in [-0.1, -0.05) is 18.1 Å². The first-order chi connectivity index (χ1) is 9.54. The van der Waals surface area contributed by atoms with E-state index < -0.39 is 0 Å². The summed E-state index contributed by atoms with van der Waals surface area (Å²) in [6.45, 7) is 4.62. The molecule has 20 heavy (non-hydrogen) atoms. The summed E-state index contributed by atoms with van der Waals surface area (Å²) in [5.41, 5.74) is 3.10. The van der Waals surface area contributed by atoms with Crippen molar-refractivity contribution in [2.24, 2.45) is 5.92 Å². The Bertz CT molecular complexity index is 587. The van der Waals surface area contributed by atoms with Crippen LogP contribution in [-0.4, -0.2) is 24.9 Å². The summed E-state index contributed by atoms with van der Waals surface area (Å²) in [5.74, 6) is 1.88. The van der Waals surface area contributed by atoms with E-state index in [1.54, 1.807) is 4.90 Å². The molecule has 0 bridgehead atoms. The van der Waals surface area contributed by atoms with E-state index in [2.05, 4.69) is 11.2 Å². The van der Waals surface area contributed by atoms with Crippen molar-refractivity contribution in [3.8, 4) is 12.3 Å². The van der Waals surface area contributed by atoms with Crippen LogP contribution in [0.25, 0.3) is 0 Å². The number of carbonyl (C=O) groups excluding carboxylic acids is 2. The van der Waals surface area contributed by atoms with Gasteiger partial charge in [-0.2, -0.15) is 0 Å². The predicted molar refractivity (Wildman–Crippen MR) is 78.2 cm³/mol. The van der Waals surface area contributed by atoms with Crippen LogP contribution in [-0.2, 0) is 9.59 Å². The third kappa shape index (κ3) is 2.67. The van der Waals surface area contributed by atoms with Gasteiger partial charge >= 0.3 is 0 Å². The first-order valence-corrected chi connectivity index (χ1v) is 6.62. The van der Waals surface area contributed by atoms with Crippen molar-refractivity contribution in [3.63, 3.8) is 0 Å². The molecule has 1 aliphatic rings. The van der Waals surface area contributed by atoms with Crippen LogP contribution in [0.15, 0.2) is 18.2 Å². The van der Waals surface area contributed by atoms with Crippen LogP contribution in [0.4, 0.5) is 5.69 Å². The van der Waals surface area contributed by atoms with Gasteiger partial charge in [-0.3, -0.25) is 9.59 Å². The van der Waals surface area contributed by atoms with Crippen molar-refractivity contribution in [2.75, 3.05) is 18.0 Å². The summed E-state index contributed by atoms with van der Waals surface area (Å²) in [6, 6.07) is 5.86. The fourth-order valence-electron chi connectivity index (χ4n) is 2.43. The molecule has 2 rings (SSSR count). The highest BCUT2D eigenvalue weighted by Gasteiger charge is 2.35. The third-order valence-electron chi connectivity index (χ3n) is 3.73. The van der Waals surface area contributed by atoms with Crippen molar-refractivity contribution in [3.05, 3.63) is 29.3 Å². The molecule has 1 fully saturated rings. The molecule has 1 heterocycles. The summed E-state index contributed by atoms with van der Waals surface area (Å²) in [4.78, 5) is 25.7. The van der Waals surface area contributed by atoms with E-state index in [1.165, 1.54) is 0 Å². The maximum atomic E-state index is 12.1. The number of hydrogen-bond acceptors (Lipinski definition) is 2. The van der Waals surface area contributed by atoms with Crippen molar-refractivity contribution in [2.45, 2.75) is 20.3 Å². The predicted octanol–water partition coefficient (Wildman–Crippen LogP) is 1.41. The molecule has 1 saturated heterocycles. The van der Waals surface area contributed by atoms with E-state index in [0.29, 0.717) is 6.54 Å². The van der Waals surface area contributed by atoms with Gasteiger partial charge in [0.1, 0.15) is 0 Å². The molecule has 4 nitrogen and oxygen atoms in total. The second-order valence-electron chi connectivity index (χ2n) is 5.05. The van der Waals surface area contributed by atoms with Gasteiger partial charge in [0.25, 0.3) is 0 Å². The Kier molecular flexibility index (Phi) is 4.09. The van der Waals surface area contributed by atoms with Gasteiger partial charge in [0.2, 0.25) is 11.8 Å². The Morgan fingerprint density at radius 2 is 2.25 bits per heavy atom. The molecular weight excluding hydrogens is 252 g/mol. The lowest BCUT2D eigenvalue weighted by Crippen LogP contribution is -2.33. The number of amides is 2. The van der Waals surface area contributed by atoms with Crippen LogP contribution in [0.5, 0.6) is 0 Å². The lowest BCUT2D eigenvalue weighted by Gasteiger charge is -2.20. The molecule has 4 heteroatoms. The molecule has 0 radical (unpaired) electrons. The molecule has 1 unspecified atom stereocenters. The van der Waals surface area contributed by atoms with Gasteiger partial charge in [0.05, 0.1) is 12.5 Å². The second kappa shape index (κ2) is 5.79. The Morgan fingerprint density at radius 1 is 1.50 bits per heavy atom. The summed E-state index contributed by atoms with van der Waals surface area (Å²) < 4.78 is 0. The van der Waals surface area contributed by atoms with E-state index in [9.17, 15) is 9.59 Å². The molecule has 0 saturated carbocycles. The minimum Gasteiger partial charge on any atom is -0.345 e. The fourth-order valence-corrected chi connectivity index (χ4v) is 2.43. The van der Waals surface area contributed by atoms with Gasteiger partial charge in [-0.25, -0.2) is 0 Å². The van der Waals surface area contributed by atoms with Gasteiger partial charge in [-0.15, -0.1) is 6.42 Å². The lowest BCUT2D eigenvalue weighted by atomic mass is 10.1. The molecular formula is C16H18N2O2. The quantitative estimate of drug-likeness (QED) is 0.844. The number of benzene rings is 1. The van der Waals surface area contributed by atoms with Crippen LogP contribution < -0.4 is 10.2 Å². The number of aryl methyl sites for hydroxylation is 1. The first-order valence-electron chi connectivity index (χ1n) is 6.62. The third-order valence-corrected chi connectivity index (χ3v) is 3.73. The van der Waals surface area contributed by atoms with Gasteiger partial charge in [0.15, 0.2) is 0 Å². The monoisotopic (exact) mass is 270 g/mol. The van der Waals surface area contributed by atoms with Gasteiger partial charge in [-0.05, 0) is 31.0 Å². The minimum atomic E-state index is -0.323. The molecule has 0 aliphatic carbocycles. The van der Waals surface area contributed by atoms with E-state index in [-0.39, 0.29) is 30.7 Å². The molecule has 1 aliphatic heterocycles. The van der Waals surface area contributed by atoms with Crippen LogP contribution in [0.2, 0.25) is 0 Å². The zero-order valence-corrected chi connectivity index (χ0v) is 11.8. The van der Waals surface area contributed by atoms with Crippen LogP contribution in [0.1, 0.15) is 17.5 Å². The average Bonchev–Trinajstić information content (AvgIpc) is 2.81. The highest BCUT2D eigenvalue weighted by atomic mass is 16.2. The maximum absolute atomic E-state index is 12.1. The van der Waals surface area contributed by atoms with Crippen LogP contribution in [0.3, 0.4) is 0 Å². The van der Waals surface area contributed by atoms with E-state index in [1.807, 2.05) is 32.0 Å². The Hall–Kier alpha value is -2.28. The van der Waals surface area contributed by atoms with Crippen molar-refractivity contribution >= 4 is 17.5 Å². The number of nitrogens with zero attached hydrogens (tertiary/aromatic N) is 1. The Morgan fingerprint density at radius 3 is 2.95 bits per heavy atom. The molecule has 0 aromatic heterocycles. The molecule has 0 spiro atoms. The smallest absolute Gasteiger partial charge is 0.227 e. The number of nitrogens with one attached hydrogen (secondary N) is 1. The molecule has 2 amide bonds. The maximum Gasteiger partial charge on any atom is 0.227 e. The average molecular weight is 270 g/mol. The number of hydrogen-bond donors (Lipinski definition) is 1. The highest BCUT2D eigenvalue weighted by Crippen LogP contribution is 2.29. The Balaban J connectivity index is 2.16. The van der Waals surface area contributed by atoms with E-state index in [4.69, 9.17) is 6.42 Å². The van der Waals surface area contributed by atoms with E-state index in [0.717, 1.165) is 16.8 Å². The lowest BCUT2D eigenvalue weighted by molar-refractivity contribution is -0.126. The summed E-state index contributed by atoms with van der Waals surface area (Å²) in [7, 11) is 0. The normalized spacial score (nSPS) is 17.9. The van der Waals surface area contributed by atoms with Crippen molar-refractivity contribution in [1.82, 2.24) is 5.32 Å². The summed E-state index contributed by atoms with van der Waals surface area (Å²) >= 11 is 0. The topological polar surface area (TPSA) is 49.4 Å². The summed E-state index contributed by atoms with van der Waals surface area (Å²) in [6.07, 6.45) is 5.36. The molecule has 1 aromatic rings. The second-order valence-corrected chi connectivity index (χ2v) is 5.05. The first kappa shape index (κ1) is 14.1. The zero-order chi connectivity index (χ0) is 14.7. The molecule has 1 atom stereocenters. The Labute approximate surface area is 119 Å². The van der Waals surface area contributed by atoms with Gasteiger partial charge < -0.3 is 10.2 Å². The number of rotatable bonds is 3. The number of terminal acetylenes is 1. The van der Waals surface area contributed by atoms with Gasteiger partial charge in [0, 0.05) is 18.7 Å². The number of anilines is 1. The molecule has 1 aromatic carbocycles. The van der Waals surface area contributed by atoms with Crippen LogP contribution >= 0.6 is 0 Å². The SMILES string of the molecule is C#CCNC(=O)C1CC(=O)N(c2cccc(C)c2C)C1. The minimum absolute atomic E-state index is 0.0143. The van der Waals surface area contributed by atoms with Crippen LogP contribution in [0, 0.1) is 32.1 Å². The standard InChI is InChI=1S/C16H18N2O2/c1-4-8-17-16(20)13-9-15(19)18(10-13)14-7-5-6-11(2)12(14)3/h1,5-7,13H,8-10H2,2-3H3,(H,17,20). The fraction of sp³-hybridized carbons (Fsp3) is 0.375. The van der Waals surface area contributed by atoms with Crippen molar-refractivity contribution in [1.29, 1.82) is 0 Å². The molecule has 1 N–H and O–H groups in total. The van der Waals surface area contributed by atoms with Crippen molar-refractivity contribution < 1.29 is 9.59 Å². The number of carbonyl (C=O) groups is 2. The zero-order valence-electron chi connectivity index (χ0n) is 11.8. The largest absolute Gasteiger partial charge is 0.345 e. The highest BCUT2D eigenvalue weighted by molar-refractivity contribution is 6.00. The van der Waals surface area contributed by atoms with E-state index >= 15 is 0 Å².